The summed E-state index contributed by atoms with van der Waals surface area (Å²) in [6, 6.07) is 68.9. The highest BCUT2D eigenvalue weighted by molar-refractivity contribution is 7.41. The van der Waals surface area contributed by atoms with Gasteiger partial charge in [0.15, 0.2) is 0 Å². The fourth-order valence-corrected chi connectivity index (χ4v) is 29.7. The van der Waals surface area contributed by atoms with Crippen LogP contribution in [0.3, 0.4) is 0 Å². The molecule has 24 rings (SSSR count). The Bertz CT molecular complexity index is 9020. The Hall–Kier alpha value is -16.0. The molecular weight excluding hydrogens is 2110 g/mol. The van der Waals surface area contributed by atoms with Gasteiger partial charge in [0.25, 0.3) is 45.3 Å². The van der Waals surface area contributed by atoms with Crippen molar-refractivity contribution in [2.24, 2.45) is 0 Å². The van der Waals surface area contributed by atoms with E-state index in [1.165, 1.54) is 122 Å². The van der Waals surface area contributed by atoms with E-state index in [0.717, 1.165) is 47.5 Å². The zero-order chi connectivity index (χ0) is 100. The number of fused-ring (bicyclic) bond motifs is 5. The van der Waals surface area contributed by atoms with Crippen molar-refractivity contribution in [3.63, 3.8) is 0 Å². The maximum absolute atomic E-state index is 11.1. The molecule has 39 heteroatoms. The number of carbonyl (C=O) groups excluding carboxylic acids is 7. The summed E-state index contributed by atoms with van der Waals surface area (Å²) in [5, 5.41) is 11.7. The number of thiazole rings is 1. The molecule has 24 aromatic heterocycles. The summed E-state index contributed by atoms with van der Waals surface area (Å²) in [4.78, 5) is 148. The number of rotatable bonds is 30. The van der Waals surface area contributed by atoms with Gasteiger partial charge in [-0.1, -0.05) is 0 Å². The van der Waals surface area contributed by atoms with E-state index in [1.54, 1.807) is 195 Å². The highest BCUT2D eigenvalue weighted by Crippen LogP contribution is 2.51. The second kappa shape index (κ2) is 44.3. The number of hydrogen-bond acceptors (Lipinski definition) is 39. The summed E-state index contributed by atoms with van der Waals surface area (Å²) in [5.41, 5.74) is 13.2. The summed E-state index contributed by atoms with van der Waals surface area (Å²) in [6.07, 6.45) is 13.2. The van der Waals surface area contributed by atoms with E-state index in [9.17, 15) is 33.6 Å². The maximum Gasteiger partial charge on any atom is 0.298 e. The normalized spacial score (nSPS) is 11.0. The zero-order valence-electron chi connectivity index (χ0n) is 76.1. The van der Waals surface area contributed by atoms with Gasteiger partial charge in [0.05, 0.1) is 98.0 Å². The molecule has 0 N–H and O–H groups in total. The van der Waals surface area contributed by atoms with E-state index < -0.39 is 0 Å². The van der Waals surface area contributed by atoms with E-state index in [-0.39, 0.29) is 0 Å². The number of thiophene rings is 12. The van der Waals surface area contributed by atoms with Crippen LogP contribution in [0.25, 0.3) is 210 Å². The molecule has 718 valence electrons. The van der Waals surface area contributed by atoms with Crippen LogP contribution in [0.2, 0.25) is 0 Å². The number of aryl methyl sites for hydroxylation is 3. The van der Waals surface area contributed by atoms with Gasteiger partial charge in [0.2, 0.25) is 0 Å². The molecule has 26 nitrogen and oxygen atoms in total. The lowest BCUT2D eigenvalue weighted by atomic mass is 10.1. The van der Waals surface area contributed by atoms with Gasteiger partial charge in [0, 0.05) is 210 Å². The van der Waals surface area contributed by atoms with Crippen LogP contribution >= 0.6 is 147 Å². The van der Waals surface area contributed by atoms with Crippen LogP contribution in [0.5, 0.6) is 40.2 Å². The largest absolute Gasteiger partial charge is 0.429 e. The molecule has 24 aromatic rings. The van der Waals surface area contributed by atoms with Crippen LogP contribution in [0.1, 0.15) is 14.6 Å². The van der Waals surface area contributed by atoms with Crippen molar-refractivity contribution in [3.05, 3.63) is 304 Å². The van der Waals surface area contributed by atoms with Gasteiger partial charge >= 0.3 is 0 Å². The molecule has 0 saturated carbocycles. The first-order valence-corrected chi connectivity index (χ1v) is 54.8. The second-order valence-corrected chi connectivity index (χ2v) is 45.6. The van der Waals surface area contributed by atoms with Gasteiger partial charge in [-0.25, -0.2) is 24.9 Å². The predicted molar refractivity (Wildman–Crippen MR) is 590 cm³/mol. The van der Waals surface area contributed by atoms with Gasteiger partial charge in [-0.3, -0.25) is 68.4 Å². The lowest BCUT2D eigenvalue weighted by molar-refractivity contribution is -0.121. The highest BCUT2D eigenvalue weighted by atomic mass is 32.2. The SMILES string of the molecule is Cc1cc2cc(-c3ccc(-c4ccnc(-c5cc(OC=O)cc(-c6cc(OC=O)ccn6)n5)c4)s3)sc2s1.Cc1ccc(-c2cc(-c3ccnc(-c4cc(OC=O)cc(-c5nccs5)n4)c3)cs2)s1.Cc1sc(-c2ccc(-c3ccnc(-c4cc(OC=O)cc(-c5cc(OC=O)ccn5)n4)c3)s2)c2ccsc12.O=COc1ccnc(-c2cc(OC=O)cc(-c3cc(-c4ccc(-c5cc6sc7ccsc7c6s5)s4)ccn3)n2)c1. The lowest BCUT2D eigenvalue weighted by Crippen LogP contribution is -1.97. The minimum Gasteiger partial charge on any atom is -0.429 e. The smallest absolute Gasteiger partial charge is 0.298 e. The molecule has 0 spiro atoms. The minimum absolute atomic E-state index is 0.293. The highest BCUT2D eigenvalue weighted by Gasteiger charge is 2.24. The molecule has 147 heavy (non-hydrogen) atoms. The van der Waals surface area contributed by atoms with E-state index in [2.05, 4.69) is 162 Å². The van der Waals surface area contributed by atoms with Gasteiger partial charge < -0.3 is 33.2 Å². The van der Waals surface area contributed by atoms with Crippen molar-refractivity contribution in [2.45, 2.75) is 20.8 Å². The molecule has 0 unspecified atom stereocenters. The summed E-state index contributed by atoms with van der Waals surface area (Å²) in [5.74, 6) is 2.26. The summed E-state index contributed by atoms with van der Waals surface area (Å²) < 4.78 is 43.5. The molecule has 0 aliphatic heterocycles. The third-order valence-electron chi connectivity index (χ3n) is 22.1. The average Bonchev–Trinajstić information content (AvgIpc) is 1.62. The summed E-state index contributed by atoms with van der Waals surface area (Å²) in [7, 11) is 0. The number of aromatic nitrogens is 12. The molecule has 0 atom stereocenters. The number of hydrogen-bond donors (Lipinski definition) is 0. The van der Waals surface area contributed by atoms with Crippen LogP contribution < -0.4 is 33.2 Å². The summed E-state index contributed by atoms with van der Waals surface area (Å²) >= 11 is 22.9. The third kappa shape index (κ3) is 22.0. The molecule has 0 aliphatic rings. The first kappa shape index (κ1) is 97.1. The van der Waals surface area contributed by atoms with Gasteiger partial charge in [-0.15, -0.1) is 147 Å². The van der Waals surface area contributed by atoms with Crippen molar-refractivity contribution >= 4 is 231 Å². The molecule has 0 bridgehead atoms. The number of nitrogens with zero attached hydrogens (tertiary/aromatic N) is 12. The van der Waals surface area contributed by atoms with Crippen LogP contribution in [0, 0.1) is 20.8 Å². The second-order valence-electron chi connectivity index (χ2n) is 31.5. The monoisotopic (exact) mass is 2170 g/mol. The van der Waals surface area contributed by atoms with Crippen molar-refractivity contribution in [2.75, 3.05) is 0 Å². The first-order valence-electron chi connectivity index (χ1n) is 43.9. The van der Waals surface area contributed by atoms with Crippen LogP contribution in [-0.2, 0) is 33.6 Å². The average molecular weight is 2170 g/mol. The van der Waals surface area contributed by atoms with Crippen LogP contribution in [-0.4, -0.2) is 105 Å². The molecule has 0 radical (unpaired) electrons. The maximum atomic E-state index is 11.1. The fourth-order valence-electron chi connectivity index (χ4n) is 15.6. The van der Waals surface area contributed by atoms with E-state index in [0.29, 0.717) is 171 Å². The lowest BCUT2D eigenvalue weighted by Gasteiger charge is -2.09. The minimum atomic E-state index is 0.293. The van der Waals surface area contributed by atoms with Crippen LogP contribution in [0.4, 0.5) is 0 Å². The topological polar surface area (TPSA) is 339 Å². The summed E-state index contributed by atoms with van der Waals surface area (Å²) in [6.45, 7) is 8.94. The molecule has 0 fully saturated rings. The van der Waals surface area contributed by atoms with Gasteiger partial charge in [0.1, 0.15) is 50.9 Å². The Morgan fingerprint density at radius 1 is 0.231 bits per heavy atom. The van der Waals surface area contributed by atoms with Crippen molar-refractivity contribution in [1.29, 1.82) is 0 Å². The van der Waals surface area contributed by atoms with E-state index >= 15 is 0 Å². The van der Waals surface area contributed by atoms with Crippen molar-refractivity contribution in [3.8, 4) is 212 Å². The van der Waals surface area contributed by atoms with Gasteiger partial charge in [-0.05, 0) is 216 Å². The zero-order valence-corrected chi connectivity index (χ0v) is 86.8. The molecule has 0 aromatic carbocycles. The Kier molecular flexibility index (Phi) is 29.3. The van der Waals surface area contributed by atoms with Crippen LogP contribution in [0.15, 0.2) is 289 Å². The predicted octanol–water partition coefficient (Wildman–Crippen LogP) is 29.2. The first-order chi connectivity index (χ1) is 72.1. The molecule has 0 saturated heterocycles. The van der Waals surface area contributed by atoms with E-state index in [1.807, 2.05) is 111 Å². The number of ether oxygens (including phenoxy) is 7. The standard InChI is InChI=1S/C29H15N3O4S4.2C28H17N3O4S3.C23H15N3O2S3/c33-14-35-17-4-7-31-20(10-17)22-12-18(36-15-34)11-21(32-22)19-9-16(3-6-30-19)23-1-2-24(38-23)26-13-27-29(40-26)28-25(39-27)5-8-37-28;1-16-27-20(6-9-36-27)28(37-16)26-3-2-25(38-26)17-4-7-29-21(10-17)23-12-19(35-15-33)13-24(31-23)22-11-18(34-14-32)5-8-30-22;1-16-8-18-10-27(38-28(18)36-16)26-3-2-25(37-26)17-4-6-29-21(9-17)23-12-20(35-15-33)13-24(31-23)22-11-19(34-14-32)5-7-30-22;1-14-2-3-21(31-14)22-9-16(12-30-22)15-4-5-24-18(8-15)19-10-17(28-13-27)11-20(26-19)23-25-6-7-29-23/h1-15H;2*2-15H,1H3;2-13H,1H3. The molecule has 0 amide bonds. The molecule has 0 aliphatic carbocycles. The number of carbonyl (C=O) groups is 7. The molecule has 24 heterocycles. The Morgan fingerprint density at radius 2 is 0.626 bits per heavy atom. The quantitative estimate of drug-likeness (QED) is 0.0377. The van der Waals surface area contributed by atoms with E-state index in [4.69, 9.17) is 53.1 Å². The Labute approximate surface area is 886 Å². The van der Waals surface area contributed by atoms with Gasteiger partial charge in [-0.2, -0.15) is 0 Å². The van der Waals surface area contributed by atoms with Crippen molar-refractivity contribution in [1.82, 2.24) is 59.8 Å². The third-order valence-corrected chi connectivity index (χ3v) is 37.1. The van der Waals surface area contributed by atoms with Crippen molar-refractivity contribution < 1.29 is 66.7 Å². The Balaban J connectivity index is 0.000000115. The number of pyridine rings is 11. The Morgan fingerprint density at radius 3 is 1.09 bits per heavy atom. The molecular formula is C108H64N12O14S13. The fraction of sp³-hybridized carbons (Fsp3) is 0.0278.